The average molecular weight is 359 g/mol. The largest absolute Gasteiger partial charge is 0.313 e. The second-order valence-electron chi connectivity index (χ2n) is 4.06. The van der Waals surface area contributed by atoms with E-state index in [9.17, 15) is 8.78 Å². The highest BCUT2D eigenvalue weighted by atomic mass is 79.9. The Morgan fingerprint density at radius 3 is 2.60 bits per heavy atom. The van der Waals surface area contributed by atoms with Gasteiger partial charge in [-0.15, -0.1) is 0 Å². The molecule has 0 atom stereocenters. The molecule has 0 spiro atoms. The van der Waals surface area contributed by atoms with Gasteiger partial charge in [-0.1, -0.05) is 18.7 Å². The lowest BCUT2D eigenvalue weighted by molar-refractivity contribution is 0.534. The Kier molecular flexibility index (Phi) is 5.51. The summed E-state index contributed by atoms with van der Waals surface area (Å²) in [5.74, 6) is -1.14. The average Bonchev–Trinajstić information content (AvgIpc) is 2.42. The normalized spacial score (nSPS) is 10.8. The Balaban J connectivity index is 2.27. The molecular formula is C14H13BrF2N2S. The van der Waals surface area contributed by atoms with Gasteiger partial charge in [0.15, 0.2) is 0 Å². The quantitative estimate of drug-likeness (QED) is 0.858. The summed E-state index contributed by atoms with van der Waals surface area (Å²) < 4.78 is 28.8. The van der Waals surface area contributed by atoms with Gasteiger partial charge in [0.25, 0.3) is 0 Å². The molecule has 0 aliphatic rings. The molecule has 1 aromatic heterocycles. The van der Waals surface area contributed by atoms with Gasteiger partial charge in [-0.2, -0.15) is 0 Å². The third kappa shape index (κ3) is 3.77. The van der Waals surface area contributed by atoms with E-state index in [0.29, 0.717) is 21.6 Å². The van der Waals surface area contributed by atoms with Crippen LogP contribution in [0.3, 0.4) is 0 Å². The predicted molar refractivity (Wildman–Crippen MR) is 79.8 cm³/mol. The number of benzene rings is 1. The van der Waals surface area contributed by atoms with Gasteiger partial charge in [-0.25, -0.2) is 13.8 Å². The molecule has 0 aliphatic heterocycles. The zero-order chi connectivity index (χ0) is 14.5. The number of halogens is 3. The Bertz CT molecular complexity index is 584. The molecule has 0 unspecified atom stereocenters. The van der Waals surface area contributed by atoms with E-state index >= 15 is 0 Å². The molecule has 0 radical (unpaired) electrons. The van der Waals surface area contributed by atoms with Crippen LogP contribution in [-0.4, -0.2) is 11.5 Å². The molecule has 0 fully saturated rings. The van der Waals surface area contributed by atoms with Crippen molar-refractivity contribution in [1.29, 1.82) is 0 Å². The second kappa shape index (κ2) is 7.15. The summed E-state index contributed by atoms with van der Waals surface area (Å²) in [5, 5.41) is 3.57. The summed E-state index contributed by atoms with van der Waals surface area (Å²) in [6.45, 7) is 3.14. The number of nitrogens with zero attached hydrogens (tertiary/aromatic N) is 1. The topological polar surface area (TPSA) is 24.9 Å². The first-order valence-corrected chi connectivity index (χ1v) is 7.69. The van der Waals surface area contributed by atoms with E-state index < -0.39 is 11.6 Å². The Labute approximate surface area is 129 Å². The molecule has 0 aliphatic carbocycles. The summed E-state index contributed by atoms with van der Waals surface area (Å²) in [5.41, 5.74) is 0.589. The van der Waals surface area contributed by atoms with E-state index in [4.69, 9.17) is 0 Å². The van der Waals surface area contributed by atoms with Crippen LogP contribution in [0.4, 0.5) is 8.78 Å². The molecule has 1 aromatic carbocycles. The van der Waals surface area contributed by atoms with Crippen molar-refractivity contribution >= 4 is 27.7 Å². The lowest BCUT2D eigenvalue weighted by Gasteiger charge is -2.08. The minimum absolute atomic E-state index is 0.0374. The molecule has 106 valence electrons. The van der Waals surface area contributed by atoms with Crippen LogP contribution in [-0.2, 0) is 6.54 Å². The monoisotopic (exact) mass is 358 g/mol. The van der Waals surface area contributed by atoms with Crippen LogP contribution < -0.4 is 5.32 Å². The van der Waals surface area contributed by atoms with Crippen molar-refractivity contribution in [2.45, 2.75) is 23.4 Å². The number of rotatable bonds is 5. The van der Waals surface area contributed by atoms with Crippen molar-refractivity contribution in [2.24, 2.45) is 0 Å². The Hall–Kier alpha value is -0.980. The standard InChI is InChI=1S/C14H13BrF2N2S/c1-2-18-8-9-6-11(16)13(12(17)7-9)20-14-10(15)4-3-5-19-14/h3-7,18H,2,8H2,1H3. The van der Waals surface area contributed by atoms with Crippen molar-refractivity contribution in [3.8, 4) is 0 Å². The smallest absolute Gasteiger partial charge is 0.140 e. The van der Waals surface area contributed by atoms with Crippen LogP contribution in [0.5, 0.6) is 0 Å². The summed E-state index contributed by atoms with van der Waals surface area (Å²) >= 11 is 4.28. The number of nitrogens with one attached hydrogen (secondary N) is 1. The van der Waals surface area contributed by atoms with Crippen molar-refractivity contribution in [3.05, 3.63) is 52.1 Å². The number of hydrogen-bond donors (Lipinski definition) is 1. The highest BCUT2D eigenvalue weighted by molar-refractivity contribution is 9.10. The van der Waals surface area contributed by atoms with Crippen LogP contribution >= 0.6 is 27.7 Å². The fourth-order valence-corrected chi connectivity index (χ4v) is 2.91. The van der Waals surface area contributed by atoms with Gasteiger partial charge in [-0.05, 0) is 52.3 Å². The lowest BCUT2D eigenvalue weighted by Crippen LogP contribution is -2.12. The van der Waals surface area contributed by atoms with E-state index in [2.05, 4.69) is 26.2 Å². The first kappa shape index (κ1) is 15.4. The zero-order valence-corrected chi connectivity index (χ0v) is 13.2. The van der Waals surface area contributed by atoms with Crippen molar-refractivity contribution < 1.29 is 8.78 Å². The number of aromatic nitrogens is 1. The first-order chi connectivity index (χ1) is 9.61. The maximum absolute atomic E-state index is 14.0. The predicted octanol–water partition coefficient (Wildman–Crippen LogP) is 4.38. The van der Waals surface area contributed by atoms with E-state index in [1.807, 2.05) is 6.92 Å². The van der Waals surface area contributed by atoms with Crippen molar-refractivity contribution in [2.75, 3.05) is 6.54 Å². The molecule has 0 saturated heterocycles. The molecule has 0 bridgehead atoms. The van der Waals surface area contributed by atoms with E-state index in [-0.39, 0.29) is 4.90 Å². The maximum atomic E-state index is 14.0. The summed E-state index contributed by atoms with van der Waals surface area (Å²) in [6.07, 6.45) is 1.59. The van der Waals surface area contributed by atoms with Crippen LogP contribution in [0.15, 0.2) is 44.9 Å². The molecule has 20 heavy (non-hydrogen) atoms. The lowest BCUT2D eigenvalue weighted by atomic mass is 10.2. The van der Waals surface area contributed by atoms with E-state index in [1.54, 1.807) is 18.3 Å². The minimum Gasteiger partial charge on any atom is -0.313 e. The number of pyridine rings is 1. The van der Waals surface area contributed by atoms with Crippen LogP contribution in [0, 0.1) is 11.6 Å². The summed E-state index contributed by atoms with van der Waals surface area (Å²) in [6, 6.07) is 6.24. The molecule has 6 heteroatoms. The van der Waals surface area contributed by atoms with Crippen molar-refractivity contribution in [3.63, 3.8) is 0 Å². The molecule has 1 N–H and O–H groups in total. The van der Waals surface area contributed by atoms with Crippen LogP contribution in [0.1, 0.15) is 12.5 Å². The minimum atomic E-state index is -0.569. The fourth-order valence-electron chi connectivity index (χ4n) is 1.62. The van der Waals surface area contributed by atoms with E-state index in [1.165, 1.54) is 12.1 Å². The highest BCUT2D eigenvalue weighted by Crippen LogP contribution is 2.35. The molecule has 2 nitrogen and oxygen atoms in total. The molecule has 2 rings (SSSR count). The maximum Gasteiger partial charge on any atom is 0.140 e. The molecule has 1 heterocycles. The van der Waals surface area contributed by atoms with Gasteiger partial charge in [-0.3, -0.25) is 0 Å². The van der Waals surface area contributed by atoms with Gasteiger partial charge >= 0.3 is 0 Å². The summed E-state index contributed by atoms with van der Waals surface area (Å²) in [7, 11) is 0. The highest BCUT2D eigenvalue weighted by Gasteiger charge is 2.14. The van der Waals surface area contributed by atoms with Crippen LogP contribution in [0.2, 0.25) is 0 Å². The molecule has 0 amide bonds. The third-order valence-electron chi connectivity index (χ3n) is 2.56. The van der Waals surface area contributed by atoms with Gasteiger partial charge in [0.1, 0.15) is 16.7 Å². The van der Waals surface area contributed by atoms with Crippen LogP contribution in [0.25, 0.3) is 0 Å². The van der Waals surface area contributed by atoms with Gasteiger partial charge in [0, 0.05) is 12.7 Å². The molecule has 0 saturated carbocycles. The number of hydrogen-bond acceptors (Lipinski definition) is 3. The zero-order valence-electron chi connectivity index (χ0n) is 10.8. The van der Waals surface area contributed by atoms with Gasteiger partial charge in [0.05, 0.1) is 9.37 Å². The Morgan fingerprint density at radius 2 is 2.00 bits per heavy atom. The molecular weight excluding hydrogens is 346 g/mol. The van der Waals surface area contributed by atoms with E-state index in [0.717, 1.165) is 18.3 Å². The Morgan fingerprint density at radius 1 is 1.30 bits per heavy atom. The fraction of sp³-hybridized carbons (Fsp3) is 0.214. The second-order valence-corrected chi connectivity index (χ2v) is 5.91. The van der Waals surface area contributed by atoms with Gasteiger partial charge < -0.3 is 5.32 Å². The van der Waals surface area contributed by atoms with Crippen molar-refractivity contribution in [1.82, 2.24) is 10.3 Å². The summed E-state index contributed by atoms with van der Waals surface area (Å²) in [4.78, 5) is 4.06. The SMILES string of the molecule is CCNCc1cc(F)c(Sc2ncccc2Br)c(F)c1. The first-order valence-electron chi connectivity index (χ1n) is 6.08. The third-order valence-corrected chi connectivity index (χ3v) is 4.58. The van der Waals surface area contributed by atoms with Gasteiger partial charge in [0.2, 0.25) is 0 Å². The molecule has 2 aromatic rings.